The fourth-order valence-electron chi connectivity index (χ4n) is 1.85. The molecule has 0 N–H and O–H groups in total. The molecule has 1 fully saturated rings. The first-order valence-corrected chi connectivity index (χ1v) is 5.05. The Hall–Kier alpha value is -0.530. The first-order chi connectivity index (χ1) is 5.77. The molecule has 0 aromatic heterocycles. The van der Waals surface area contributed by atoms with E-state index in [0.717, 1.165) is 19.0 Å². The van der Waals surface area contributed by atoms with E-state index in [-0.39, 0.29) is 0 Å². The number of nitrogens with zero attached hydrogens (tertiary/aromatic N) is 1. The van der Waals surface area contributed by atoms with Gasteiger partial charge in [0, 0.05) is 19.5 Å². The highest BCUT2D eigenvalue weighted by Gasteiger charge is 2.20. The van der Waals surface area contributed by atoms with E-state index in [9.17, 15) is 4.79 Å². The van der Waals surface area contributed by atoms with Crippen molar-refractivity contribution in [3.05, 3.63) is 0 Å². The highest BCUT2D eigenvalue weighted by atomic mass is 16.2. The molecule has 2 nitrogen and oxygen atoms in total. The number of piperidine rings is 1. The highest BCUT2D eigenvalue weighted by Crippen LogP contribution is 2.19. The highest BCUT2D eigenvalue weighted by molar-refractivity contribution is 5.75. The first-order valence-electron chi connectivity index (χ1n) is 5.05. The largest absolute Gasteiger partial charge is 0.342 e. The molecule has 70 valence electrons. The van der Waals surface area contributed by atoms with Gasteiger partial charge in [0.05, 0.1) is 0 Å². The van der Waals surface area contributed by atoms with Gasteiger partial charge in [-0.25, -0.2) is 0 Å². The van der Waals surface area contributed by atoms with Crippen LogP contribution in [-0.2, 0) is 4.79 Å². The van der Waals surface area contributed by atoms with Crippen molar-refractivity contribution in [2.24, 2.45) is 5.92 Å². The Morgan fingerprint density at radius 2 is 2.25 bits per heavy atom. The van der Waals surface area contributed by atoms with E-state index in [1.165, 1.54) is 19.3 Å². The Kier molecular flexibility index (Phi) is 3.57. The van der Waals surface area contributed by atoms with Gasteiger partial charge in [0.2, 0.25) is 5.91 Å². The molecule has 1 atom stereocenters. The van der Waals surface area contributed by atoms with Crippen LogP contribution in [0, 0.1) is 5.92 Å². The molecular formula is C10H19NO. The molecule has 0 spiro atoms. The lowest BCUT2D eigenvalue weighted by molar-refractivity contribution is -0.132. The summed E-state index contributed by atoms with van der Waals surface area (Å²) in [6.45, 7) is 6.15. The van der Waals surface area contributed by atoms with Crippen LogP contribution in [0.1, 0.15) is 39.5 Å². The van der Waals surface area contributed by atoms with Gasteiger partial charge in [-0.15, -0.1) is 0 Å². The fraction of sp³-hybridized carbons (Fsp3) is 0.900. The monoisotopic (exact) mass is 169 g/mol. The zero-order valence-electron chi connectivity index (χ0n) is 8.18. The number of carbonyl (C=O) groups excluding carboxylic acids is 1. The Balaban J connectivity index is 2.40. The Morgan fingerprint density at radius 3 is 2.83 bits per heavy atom. The number of carbonyl (C=O) groups is 1. The van der Waals surface area contributed by atoms with Crippen molar-refractivity contribution in [2.45, 2.75) is 39.5 Å². The van der Waals surface area contributed by atoms with Crippen LogP contribution < -0.4 is 0 Å². The van der Waals surface area contributed by atoms with Gasteiger partial charge in [0.1, 0.15) is 0 Å². The van der Waals surface area contributed by atoms with Gasteiger partial charge in [0.15, 0.2) is 0 Å². The molecular weight excluding hydrogens is 150 g/mol. The van der Waals surface area contributed by atoms with Gasteiger partial charge in [-0.05, 0) is 18.8 Å². The third kappa shape index (κ3) is 2.23. The standard InChI is InChI=1S/C10H19NO/c1-3-9-6-5-7-11(8-9)10(12)4-2/h9H,3-8H2,1-2H3. The van der Waals surface area contributed by atoms with E-state index < -0.39 is 0 Å². The molecule has 1 unspecified atom stereocenters. The first kappa shape index (κ1) is 9.56. The summed E-state index contributed by atoms with van der Waals surface area (Å²) in [6.07, 6.45) is 4.39. The SMILES string of the molecule is CCC(=O)N1CCCC(CC)C1. The Bertz CT molecular complexity index is 156. The second-order valence-electron chi connectivity index (χ2n) is 3.61. The van der Waals surface area contributed by atoms with Crippen LogP contribution in [0.15, 0.2) is 0 Å². The van der Waals surface area contributed by atoms with Crippen LogP contribution in [0.2, 0.25) is 0 Å². The normalized spacial score (nSPS) is 24.2. The number of likely N-dealkylation sites (tertiary alicyclic amines) is 1. The maximum absolute atomic E-state index is 11.4. The van der Waals surface area contributed by atoms with Crippen molar-refractivity contribution >= 4 is 5.91 Å². The van der Waals surface area contributed by atoms with Crippen molar-refractivity contribution in [1.82, 2.24) is 4.90 Å². The minimum absolute atomic E-state index is 0.327. The van der Waals surface area contributed by atoms with Gasteiger partial charge >= 0.3 is 0 Å². The van der Waals surface area contributed by atoms with Crippen molar-refractivity contribution in [2.75, 3.05) is 13.1 Å². The minimum Gasteiger partial charge on any atom is -0.342 e. The second kappa shape index (κ2) is 4.48. The lowest BCUT2D eigenvalue weighted by Crippen LogP contribution is -2.39. The predicted molar refractivity (Wildman–Crippen MR) is 49.9 cm³/mol. The van der Waals surface area contributed by atoms with Crippen molar-refractivity contribution in [1.29, 1.82) is 0 Å². The lowest BCUT2D eigenvalue weighted by Gasteiger charge is -2.32. The van der Waals surface area contributed by atoms with E-state index >= 15 is 0 Å². The lowest BCUT2D eigenvalue weighted by atomic mass is 9.95. The molecule has 12 heavy (non-hydrogen) atoms. The zero-order valence-corrected chi connectivity index (χ0v) is 8.18. The summed E-state index contributed by atoms with van der Waals surface area (Å²) in [4.78, 5) is 13.4. The van der Waals surface area contributed by atoms with E-state index in [1.54, 1.807) is 0 Å². The summed E-state index contributed by atoms with van der Waals surface area (Å²) in [5.74, 6) is 1.09. The summed E-state index contributed by atoms with van der Waals surface area (Å²) in [7, 11) is 0. The molecule has 2 heteroatoms. The number of hydrogen-bond acceptors (Lipinski definition) is 1. The predicted octanol–water partition coefficient (Wildman–Crippen LogP) is 2.04. The molecule has 0 aromatic carbocycles. The van der Waals surface area contributed by atoms with E-state index in [0.29, 0.717) is 12.3 Å². The number of amides is 1. The molecule has 0 aromatic rings. The molecule has 1 aliphatic heterocycles. The summed E-state index contributed by atoms with van der Waals surface area (Å²) in [5, 5.41) is 0. The van der Waals surface area contributed by atoms with Gasteiger partial charge in [-0.1, -0.05) is 20.3 Å². The van der Waals surface area contributed by atoms with Gasteiger partial charge < -0.3 is 4.90 Å². The quantitative estimate of drug-likeness (QED) is 0.619. The Morgan fingerprint density at radius 1 is 1.50 bits per heavy atom. The zero-order chi connectivity index (χ0) is 8.97. The van der Waals surface area contributed by atoms with E-state index in [1.807, 2.05) is 11.8 Å². The summed E-state index contributed by atoms with van der Waals surface area (Å²) in [6, 6.07) is 0. The van der Waals surface area contributed by atoms with Crippen LogP contribution >= 0.6 is 0 Å². The summed E-state index contributed by atoms with van der Waals surface area (Å²) in [5.41, 5.74) is 0. The van der Waals surface area contributed by atoms with Crippen LogP contribution in [0.5, 0.6) is 0 Å². The fourth-order valence-corrected chi connectivity index (χ4v) is 1.85. The molecule has 1 amide bonds. The van der Waals surface area contributed by atoms with E-state index in [4.69, 9.17) is 0 Å². The average molecular weight is 169 g/mol. The van der Waals surface area contributed by atoms with E-state index in [2.05, 4.69) is 6.92 Å². The summed E-state index contributed by atoms with van der Waals surface area (Å²) < 4.78 is 0. The summed E-state index contributed by atoms with van der Waals surface area (Å²) >= 11 is 0. The third-order valence-corrected chi connectivity index (χ3v) is 2.75. The van der Waals surface area contributed by atoms with Crippen molar-refractivity contribution < 1.29 is 4.79 Å². The third-order valence-electron chi connectivity index (χ3n) is 2.75. The van der Waals surface area contributed by atoms with Crippen molar-refractivity contribution in [3.8, 4) is 0 Å². The van der Waals surface area contributed by atoms with Crippen LogP contribution in [0.3, 0.4) is 0 Å². The maximum atomic E-state index is 11.4. The van der Waals surface area contributed by atoms with Crippen LogP contribution in [0.25, 0.3) is 0 Å². The Labute approximate surface area is 74.9 Å². The van der Waals surface area contributed by atoms with Crippen LogP contribution in [0.4, 0.5) is 0 Å². The van der Waals surface area contributed by atoms with Gasteiger partial charge in [0.25, 0.3) is 0 Å². The van der Waals surface area contributed by atoms with Gasteiger partial charge in [-0.2, -0.15) is 0 Å². The molecule has 0 aliphatic carbocycles. The molecule has 1 rings (SSSR count). The minimum atomic E-state index is 0.327. The molecule has 1 heterocycles. The second-order valence-corrected chi connectivity index (χ2v) is 3.61. The van der Waals surface area contributed by atoms with Crippen molar-refractivity contribution in [3.63, 3.8) is 0 Å². The van der Waals surface area contributed by atoms with Gasteiger partial charge in [-0.3, -0.25) is 4.79 Å². The maximum Gasteiger partial charge on any atom is 0.222 e. The molecule has 0 saturated carbocycles. The molecule has 0 radical (unpaired) electrons. The topological polar surface area (TPSA) is 20.3 Å². The average Bonchev–Trinajstić information content (AvgIpc) is 2.17. The molecule has 0 bridgehead atoms. The molecule has 1 aliphatic rings. The molecule has 1 saturated heterocycles. The number of hydrogen-bond donors (Lipinski definition) is 0. The van der Waals surface area contributed by atoms with Crippen LogP contribution in [-0.4, -0.2) is 23.9 Å². The smallest absolute Gasteiger partial charge is 0.222 e. The number of rotatable bonds is 2.